The highest BCUT2D eigenvalue weighted by Crippen LogP contribution is 2.15. The molecular weight excluding hydrogens is 269 g/mol. The fourth-order valence-electron chi connectivity index (χ4n) is 1.94. The summed E-state index contributed by atoms with van der Waals surface area (Å²) < 4.78 is 18.6. The van der Waals surface area contributed by atoms with Gasteiger partial charge >= 0.3 is 0 Å². The minimum Gasteiger partial charge on any atom is -0.481 e. The largest absolute Gasteiger partial charge is 0.481 e. The molecule has 0 aliphatic rings. The van der Waals surface area contributed by atoms with Crippen LogP contribution in [-0.4, -0.2) is 24.5 Å². The van der Waals surface area contributed by atoms with Gasteiger partial charge in [0.25, 0.3) is 5.91 Å². The second-order valence-electron chi connectivity index (χ2n) is 4.90. The number of carbonyl (C=O) groups is 1. The van der Waals surface area contributed by atoms with E-state index in [0.29, 0.717) is 6.54 Å². The smallest absolute Gasteiger partial charge is 0.260 e. The summed E-state index contributed by atoms with van der Waals surface area (Å²) in [7, 11) is 1.71. The standard InChI is InChI=1S/C17H18FNO2/c1-13-7-3-4-8-14(13)11-19(2)17(20)12-21-16-10-6-5-9-15(16)18/h3-10H,11-12H2,1-2H3. The van der Waals surface area contributed by atoms with Crippen LogP contribution in [-0.2, 0) is 11.3 Å². The van der Waals surface area contributed by atoms with E-state index in [2.05, 4.69) is 0 Å². The number of para-hydroxylation sites is 1. The molecule has 0 saturated heterocycles. The Bertz CT molecular complexity index is 628. The third-order valence-corrected chi connectivity index (χ3v) is 3.28. The molecule has 2 rings (SSSR count). The van der Waals surface area contributed by atoms with Gasteiger partial charge in [-0.05, 0) is 30.2 Å². The lowest BCUT2D eigenvalue weighted by molar-refractivity contribution is -0.132. The lowest BCUT2D eigenvalue weighted by Crippen LogP contribution is -2.31. The maximum absolute atomic E-state index is 13.4. The van der Waals surface area contributed by atoms with E-state index in [1.54, 1.807) is 24.1 Å². The molecule has 0 spiro atoms. The van der Waals surface area contributed by atoms with E-state index in [9.17, 15) is 9.18 Å². The molecule has 2 aromatic rings. The Morgan fingerprint density at radius 1 is 1.14 bits per heavy atom. The van der Waals surface area contributed by atoms with Crippen LogP contribution in [0.2, 0.25) is 0 Å². The topological polar surface area (TPSA) is 29.5 Å². The van der Waals surface area contributed by atoms with E-state index in [4.69, 9.17) is 4.74 Å². The number of hydrogen-bond acceptors (Lipinski definition) is 2. The SMILES string of the molecule is Cc1ccccc1CN(C)C(=O)COc1ccccc1F. The molecule has 21 heavy (non-hydrogen) atoms. The number of nitrogens with zero attached hydrogens (tertiary/aromatic N) is 1. The number of benzene rings is 2. The zero-order chi connectivity index (χ0) is 15.2. The quantitative estimate of drug-likeness (QED) is 0.845. The molecule has 4 heteroatoms. The molecule has 0 heterocycles. The second-order valence-corrected chi connectivity index (χ2v) is 4.90. The molecule has 0 radical (unpaired) electrons. The predicted molar refractivity (Wildman–Crippen MR) is 79.5 cm³/mol. The summed E-state index contributed by atoms with van der Waals surface area (Å²) in [5.74, 6) is -0.566. The molecule has 0 aliphatic carbocycles. The number of halogens is 1. The van der Waals surface area contributed by atoms with E-state index in [1.165, 1.54) is 12.1 Å². The van der Waals surface area contributed by atoms with Gasteiger partial charge in [-0.2, -0.15) is 0 Å². The molecule has 110 valence electrons. The highest BCUT2D eigenvalue weighted by molar-refractivity contribution is 5.77. The molecule has 0 atom stereocenters. The molecular formula is C17H18FNO2. The van der Waals surface area contributed by atoms with Crippen molar-refractivity contribution in [2.24, 2.45) is 0 Å². The summed E-state index contributed by atoms with van der Waals surface area (Å²) in [6, 6.07) is 13.9. The van der Waals surface area contributed by atoms with Gasteiger partial charge < -0.3 is 9.64 Å². The van der Waals surface area contributed by atoms with Gasteiger partial charge in [0.05, 0.1) is 0 Å². The third kappa shape index (κ3) is 4.05. The molecule has 0 aromatic heterocycles. The van der Waals surface area contributed by atoms with Crippen molar-refractivity contribution >= 4 is 5.91 Å². The minimum absolute atomic E-state index is 0.0927. The number of rotatable bonds is 5. The summed E-state index contributed by atoms with van der Waals surface area (Å²) in [5.41, 5.74) is 2.21. The molecule has 0 N–H and O–H groups in total. The van der Waals surface area contributed by atoms with Gasteiger partial charge in [-0.3, -0.25) is 4.79 Å². The Morgan fingerprint density at radius 2 is 1.81 bits per heavy atom. The van der Waals surface area contributed by atoms with Gasteiger partial charge in [-0.25, -0.2) is 4.39 Å². The molecule has 0 saturated carbocycles. The average Bonchev–Trinajstić information content (AvgIpc) is 2.48. The van der Waals surface area contributed by atoms with Crippen molar-refractivity contribution in [2.75, 3.05) is 13.7 Å². The molecule has 3 nitrogen and oxygen atoms in total. The summed E-state index contributed by atoms with van der Waals surface area (Å²) in [6.07, 6.45) is 0. The number of amides is 1. The summed E-state index contributed by atoms with van der Waals surface area (Å²) in [4.78, 5) is 13.6. The first kappa shape index (κ1) is 15.0. The van der Waals surface area contributed by atoms with Crippen molar-refractivity contribution in [1.82, 2.24) is 4.90 Å². The molecule has 1 amide bonds. The minimum atomic E-state index is -0.466. The third-order valence-electron chi connectivity index (χ3n) is 3.28. The van der Waals surface area contributed by atoms with Crippen LogP contribution >= 0.6 is 0 Å². The predicted octanol–water partition coefficient (Wildman–Crippen LogP) is 3.17. The Hall–Kier alpha value is -2.36. The highest BCUT2D eigenvalue weighted by atomic mass is 19.1. The number of ether oxygens (including phenoxy) is 1. The van der Waals surface area contributed by atoms with Crippen LogP contribution in [0.25, 0.3) is 0 Å². The maximum atomic E-state index is 13.4. The Balaban J connectivity index is 1.91. The van der Waals surface area contributed by atoms with Crippen molar-refractivity contribution in [2.45, 2.75) is 13.5 Å². The first-order valence-corrected chi connectivity index (χ1v) is 6.73. The monoisotopic (exact) mass is 287 g/mol. The van der Waals surface area contributed by atoms with Crippen LogP contribution in [0.5, 0.6) is 5.75 Å². The lowest BCUT2D eigenvalue weighted by atomic mass is 10.1. The maximum Gasteiger partial charge on any atom is 0.260 e. The normalized spacial score (nSPS) is 10.2. The molecule has 0 unspecified atom stereocenters. The van der Waals surface area contributed by atoms with Crippen LogP contribution in [0.3, 0.4) is 0 Å². The van der Waals surface area contributed by atoms with Gasteiger partial charge in [0.15, 0.2) is 18.2 Å². The van der Waals surface area contributed by atoms with Crippen molar-refractivity contribution in [1.29, 1.82) is 0 Å². The molecule has 0 bridgehead atoms. The highest BCUT2D eigenvalue weighted by Gasteiger charge is 2.12. The van der Waals surface area contributed by atoms with Crippen molar-refractivity contribution < 1.29 is 13.9 Å². The average molecular weight is 287 g/mol. The van der Waals surface area contributed by atoms with Gasteiger partial charge in [-0.1, -0.05) is 36.4 Å². The van der Waals surface area contributed by atoms with Gasteiger partial charge in [0, 0.05) is 13.6 Å². The number of likely N-dealkylation sites (N-methyl/N-ethyl adjacent to an activating group) is 1. The van der Waals surface area contributed by atoms with E-state index < -0.39 is 5.82 Å². The van der Waals surface area contributed by atoms with E-state index in [1.807, 2.05) is 31.2 Å². The van der Waals surface area contributed by atoms with Gasteiger partial charge in [0.2, 0.25) is 0 Å². The van der Waals surface area contributed by atoms with Gasteiger partial charge in [-0.15, -0.1) is 0 Å². The summed E-state index contributed by atoms with van der Waals surface area (Å²) in [5, 5.41) is 0. The zero-order valence-electron chi connectivity index (χ0n) is 12.2. The van der Waals surface area contributed by atoms with E-state index >= 15 is 0 Å². The van der Waals surface area contributed by atoms with Crippen LogP contribution in [0.15, 0.2) is 48.5 Å². The van der Waals surface area contributed by atoms with Crippen LogP contribution in [0.4, 0.5) is 4.39 Å². The van der Waals surface area contributed by atoms with Gasteiger partial charge in [0.1, 0.15) is 0 Å². The van der Waals surface area contributed by atoms with Crippen molar-refractivity contribution in [3.05, 3.63) is 65.5 Å². The summed E-state index contributed by atoms with van der Waals surface area (Å²) >= 11 is 0. The van der Waals surface area contributed by atoms with Crippen LogP contribution < -0.4 is 4.74 Å². The molecule has 0 fully saturated rings. The number of aryl methyl sites for hydroxylation is 1. The van der Waals surface area contributed by atoms with Crippen LogP contribution in [0, 0.1) is 12.7 Å². The number of hydrogen-bond donors (Lipinski definition) is 0. The number of carbonyl (C=O) groups excluding carboxylic acids is 1. The van der Waals surface area contributed by atoms with Crippen molar-refractivity contribution in [3.63, 3.8) is 0 Å². The van der Waals surface area contributed by atoms with Crippen molar-refractivity contribution in [3.8, 4) is 5.75 Å². The second kappa shape index (κ2) is 6.88. The van der Waals surface area contributed by atoms with E-state index in [0.717, 1.165) is 11.1 Å². The molecule has 0 aliphatic heterocycles. The summed E-state index contributed by atoms with van der Waals surface area (Å²) in [6.45, 7) is 2.33. The fourth-order valence-corrected chi connectivity index (χ4v) is 1.94. The Kier molecular flexibility index (Phi) is 4.93. The Labute approximate surface area is 124 Å². The lowest BCUT2D eigenvalue weighted by Gasteiger charge is -2.18. The fraction of sp³-hybridized carbons (Fsp3) is 0.235. The first-order chi connectivity index (χ1) is 10.1. The zero-order valence-corrected chi connectivity index (χ0v) is 12.2. The van der Waals surface area contributed by atoms with Crippen LogP contribution in [0.1, 0.15) is 11.1 Å². The molecule has 2 aromatic carbocycles. The van der Waals surface area contributed by atoms with E-state index in [-0.39, 0.29) is 18.3 Å². The first-order valence-electron chi connectivity index (χ1n) is 6.73. The Morgan fingerprint density at radius 3 is 2.52 bits per heavy atom.